The van der Waals surface area contributed by atoms with Gasteiger partial charge in [-0.2, -0.15) is 0 Å². The van der Waals surface area contributed by atoms with Gasteiger partial charge < -0.3 is 4.42 Å². The van der Waals surface area contributed by atoms with Crippen molar-refractivity contribution in [3.63, 3.8) is 0 Å². The lowest BCUT2D eigenvalue weighted by Gasteiger charge is -2.09. The number of anilines is 1. The van der Waals surface area contributed by atoms with Crippen LogP contribution in [0.4, 0.5) is 5.69 Å². The molecule has 0 saturated heterocycles. The van der Waals surface area contributed by atoms with Crippen molar-refractivity contribution in [2.45, 2.75) is 38.5 Å². The molecule has 1 aromatic heterocycles. The van der Waals surface area contributed by atoms with Gasteiger partial charge in [-0.25, -0.2) is 13.4 Å². The second kappa shape index (κ2) is 5.94. The first-order chi connectivity index (χ1) is 11.3. The molecule has 5 nitrogen and oxygen atoms in total. The van der Waals surface area contributed by atoms with E-state index in [4.69, 9.17) is 4.42 Å². The standard InChI is InChI=1S/C18H20N2O3S/c1-11(2)18-19-16-8-6-14(10-17(16)23-18)20-24(21,22)15-7-5-12(3)13(4)9-15/h5-11,20H,1-4H3. The van der Waals surface area contributed by atoms with E-state index in [1.54, 1.807) is 36.4 Å². The largest absolute Gasteiger partial charge is 0.440 e. The molecule has 6 heteroatoms. The number of fused-ring (bicyclic) bond motifs is 1. The lowest BCUT2D eigenvalue weighted by molar-refractivity contribution is 0.501. The van der Waals surface area contributed by atoms with Gasteiger partial charge in [0.25, 0.3) is 10.0 Å². The van der Waals surface area contributed by atoms with Crippen molar-refractivity contribution in [1.29, 1.82) is 0 Å². The Bertz CT molecular complexity index is 1000. The lowest BCUT2D eigenvalue weighted by atomic mass is 10.1. The lowest BCUT2D eigenvalue weighted by Crippen LogP contribution is -2.13. The summed E-state index contributed by atoms with van der Waals surface area (Å²) in [7, 11) is -3.64. The highest BCUT2D eigenvalue weighted by Crippen LogP contribution is 2.25. The van der Waals surface area contributed by atoms with Gasteiger partial charge in [0.2, 0.25) is 0 Å². The third-order valence-electron chi connectivity index (χ3n) is 3.94. The minimum absolute atomic E-state index is 0.174. The molecule has 3 rings (SSSR count). The van der Waals surface area contributed by atoms with Gasteiger partial charge in [-0.05, 0) is 49.2 Å². The van der Waals surface area contributed by atoms with Gasteiger partial charge in [-0.1, -0.05) is 19.9 Å². The van der Waals surface area contributed by atoms with Crippen molar-refractivity contribution >= 4 is 26.8 Å². The minimum atomic E-state index is -3.64. The third-order valence-corrected chi connectivity index (χ3v) is 5.32. The summed E-state index contributed by atoms with van der Waals surface area (Å²) in [6.45, 7) is 7.83. The minimum Gasteiger partial charge on any atom is -0.440 e. The number of nitrogens with zero attached hydrogens (tertiary/aromatic N) is 1. The Morgan fingerprint density at radius 1 is 1.04 bits per heavy atom. The Balaban J connectivity index is 1.94. The Labute approximate surface area is 141 Å². The molecule has 0 amide bonds. The van der Waals surface area contributed by atoms with Crippen LogP contribution in [0.3, 0.4) is 0 Å². The molecule has 1 N–H and O–H groups in total. The SMILES string of the molecule is Cc1ccc(S(=O)(=O)Nc2ccc3nc(C(C)C)oc3c2)cc1C. The van der Waals surface area contributed by atoms with Crippen LogP contribution in [0.1, 0.15) is 36.8 Å². The van der Waals surface area contributed by atoms with Crippen LogP contribution in [0, 0.1) is 13.8 Å². The smallest absolute Gasteiger partial charge is 0.261 e. The molecule has 0 aliphatic heterocycles. The van der Waals surface area contributed by atoms with Crippen molar-refractivity contribution in [1.82, 2.24) is 4.98 Å². The van der Waals surface area contributed by atoms with Crippen molar-refractivity contribution < 1.29 is 12.8 Å². The van der Waals surface area contributed by atoms with E-state index in [9.17, 15) is 8.42 Å². The van der Waals surface area contributed by atoms with Crippen molar-refractivity contribution in [2.75, 3.05) is 4.72 Å². The van der Waals surface area contributed by atoms with E-state index in [0.29, 0.717) is 22.7 Å². The zero-order valence-corrected chi connectivity index (χ0v) is 14.9. The molecule has 1 heterocycles. The van der Waals surface area contributed by atoms with E-state index in [-0.39, 0.29) is 10.8 Å². The molecule has 126 valence electrons. The summed E-state index contributed by atoms with van der Waals surface area (Å²) in [6.07, 6.45) is 0. The first-order valence-corrected chi connectivity index (χ1v) is 9.25. The van der Waals surface area contributed by atoms with Crippen LogP contribution in [-0.2, 0) is 10.0 Å². The molecule has 0 unspecified atom stereocenters. The average Bonchev–Trinajstić information content (AvgIpc) is 2.93. The highest BCUT2D eigenvalue weighted by Gasteiger charge is 2.16. The van der Waals surface area contributed by atoms with Gasteiger partial charge in [0.1, 0.15) is 5.52 Å². The fourth-order valence-electron chi connectivity index (χ4n) is 2.35. The molecular formula is C18H20N2O3S. The second-order valence-electron chi connectivity index (χ2n) is 6.24. The van der Waals surface area contributed by atoms with Gasteiger partial charge >= 0.3 is 0 Å². The fraction of sp³-hybridized carbons (Fsp3) is 0.278. The van der Waals surface area contributed by atoms with Gasteiger partial charge in [-0.3, -0.25) is 4.72 Å². The van der Waals surface area contributed by atoms with Gasteiger partial charge in [-0.15, -0.1) is 0 Å². The van der Waals surface area contributed by atoms with E-state index in [1.165, 1.54) is 0 Å². The summed E-state index contributed by atoms with van der Waals surface area (Å²) in [5.41, 5.74) is 3.72. The van der Waals surface area contributed by atoms with Crippen molar-refractivity contribution in [3.8, 4) is 0 Å². The number of hydrogen-bond donors (Lipinski definition) is 1. The van der Waals surface area contributed by atoms with Gasteiger partial charge in [0.15, 0.2) is 11.5 Å². The molecule has 0 radical (unpaired) electrons. The van der Waals surface area contributed by atoms with Crippen LogP contribution in [0.25, 0.3) is 11.1 Å². The number of sulfonamides is 1. The highest BCUT2D eigenvalue weighted by atomic mass is 32.2. The molecule has 24 heavy (non-hydrogen) atoms. The van der Waals surface area contributed by atoms with Crippen molar-refractivity contribution in [2.24, 2.45) is 0 Å². The van der Waals surface area contributed by atoms with Crippen molar-refractivity contribution in [3.05, 3.63) is 53.4 Å². The Morgan fingerprint density at radius 3 is 2.46 bits per heavy atom. The summed E-state index contributed by atoms with van der Waals surface area (Å²) in [4.78, 5) is 4.63. The summed E-state index contributed by atoms with van der Waals surface area (Å²) in [5.74, 6) is 0.812. The van der Waals surface area contributed by atoms with Crippen LogP contribution in [0.15, 0.2) is 45.7 Å². The summed E-state index contributed by atoms with van der Waals surface area (Å²) >= 11 is 0. The Morgan fingerprint density at radius 2 is 1.79 bits per heavy atom. The summed E-state index contributed by atoms with van der Waals surface area (Å²) < 4.78 is 33.4. The van der Waals surface area contributed by atoms with Crippen LogP contribution < -0.4 is 4.72 Å². The van der Waals surface area contributed by atoms with Crippen LogP contribution >= 0.6 is 0 Å². The molecule has 0 aliphatic carbocycles. The zero-order chi connectivity index (χ0) is 17.5. The molecular weight excluding hydrogens is 324 g/mol. The number of oxazole rings is 1. The van der Waals surface area contributed by atoms with Gasteiger partial charge in [0, 0.05) is 12.0 Å². The van der Waals surface area contributed by atoms with E-state index in [0.717, 1.165) is 11.1 Å². The molecule has 0 spiro atoms. The third kappa shape index (κ3) is 3.14. The van der Waals surface area contributed by atoms with Crippen LogP contribution in [-0.4, -0.2) is 13.4 Å². The molecule has 0 fully saturated rings. The first-order valence-electron chi connectivity index (χ1n) is 7.77. The molecule has 0 aliphatic rings. The number of benzene rings is 2. The van der Waals surface area contributed by atoms with Crippen LogP contribution in [0.2, 0.25) is 0 Å². The highest BCUT2D eigenvalue weighted by molar-refractivity contribution is 7.92. The zero-order valence-electron chi connectivity index (χ0n) is 14.1. The maximum atomic E-state index is 12.6. The first kappa shape index (κ1) is 16.5. The molecule has 0 bridgehead atoms. The van der Waals surface area contributed by atoms with E-state index in [1.807, 2.05) is 27.7 Å². The van der Waals surface area contributed by atoms with Gasteiger partial charge in [0.05, 0.1) is 10.6 Å². The second-order valence-corrected chi connectivity index (χ2v) is 7.92. The average molecular weight is 344 g/mol. The summed E-state index contributed by atoms with van der Waals surface area (Å²) in [6, 6.07) is 10.2. The molecule has 0 saturated carbocycles. The predicted molar refractivity (Wildman–Crippen MR) is 94.8 cm³/mol. The molecule has 0 atom stereocenters. The predicted octanol–water partition coefficient (Wildman–Crippen LogP) is 4.37. The Hall–Kier alpha value is -2.34. The quantitative estimate of drug-likeness (QED) is 0.763. The number of aryl methyl sites for hydroxylation is 2. The molecule has 3 aromatic rings. The number of rotatable bonds is 4. The maximum absolute atomic E-state index is 12.6. The van der Waals surface area contributed by atoms with E-state index >= 15 is 0 Å². The Kier molecular flexibility index (Phi) is 4.09. The maximum Gasteiger partial charge on any atom is 0.261 e. The summed E-state index contributed by atoms with van der Waals surface area (Å²) in [5, 5.41) is 0. The normalized spacial score (nSPS) is 12.0. The topological polar surface area (TPSA) is 72.2 Å². The molecule has 2 aromatic carbocycles. The van der Waals surface area contributed by atoms with Crippen LogP contribution in [0.5, 0.6) is 0 Å². The number of aromatic nitrogens is 1. The monoisotopic (exact) mass is 344 g/mol. The fourth-order valence-corrected chi connectivity index (χ4v) is 3.48. The van der Waals surface area contributed by atoms with E-state index in [2.05, 4.69) is 9.71 Å². The number of hydrogen-bond acceptors (Lipinski definition) is 4. The number of nitrogens with one attached hydrogen (secondary N) is 1. The van der Waals surface area contributed by atoms with E-state index < -0.39 is 10.0 Å².